The van der Waals surface area contributed by atoms with E-state index in [2.05, 4.69) is 39.6 Å². The summed E-state index contributed by atoms with van der Waals surface area (Å²) >= 11 is 0. The van der Waals surface area contributed by atoms with Crippen molar-refractivity contribution in [3.05, 3.63) is 28.8 Å². The molecule has 1 aliphatic rings. The van der Waals surface area contributed by atoms with E-state index in [1.807, 2.05) is 12.1 Å². The van der Waals surface area contributed by atoms with Crippen LogP contribution < -0.4 is 4.90 Å². The standard InChI is InChI=1S/C15H21NO/c1-10-6-12(9-17)7-13-11(2)8-15(3,4)16(5)14(10)13/h6-7,9,11H,8H2,1-5H3. The van der Waals surface area contributed by atoms with E-state index in [-0.39, 0.29) is 5.54 Å². The summed E-state index contributed by atoms with van der Waals surface area (Å²) < 4.78 is 0. The molecule has 1 atom stereocenters. The van der Waals surface area contributed by atoms with Gasteiger partial charge in [-0.05, 0) is 56.4 Å². The molecule has 2 rings (SSSR count). The van der Waals surface area contributed by atoms with Crippen LogP contribution in [0.3, 0.4) is 0 Å². The largest absolute Gasteiger partial charge is 0.369 e. The van der Waals surface area contributed by atoms with Gasteiger partial charge in [-0.3, -0.25) is 4.79 Å². The van der Waals surface area contributed by atoms with E-state index in [1.54, 1.807) is 0 Å². The lowest BCUT2D eigenvalue weighted by atomic mass is 9.79. The molecule has 2 heteroatoms. The number of aldehydes is 1. The van der Waals surface area contributed by atoms with Crippen LogP contribution in [0.4, 0.5) is 5.69 Å². The SMILES string of the molecule is Cc1cc(C=O)cc2c1N(C)C(C)(C)CC2C. The van der Waals surface area contributed by atoms with Crippen LogP contribution in [0, 0.1) is 6.92 Å². The van der Waals surface area contributed by atoms with E-state index in [4.69, 9.17) is 0 Å². The Morgan fingerprint density at radius 1 is 1.41 bits per heavy atom. The average molecular weight is 231 g/mol. The maximum atomic E-state index is 10.9. The summed E-state index contributed by atoms with van der Waals surface area (Å²) in [7, 11) is 2.15. The van der Waals surface area contributed by atoms with Crippen LogP contribution in [0.5, 0.6) is 0 Å². The fraction of sp³-hybridized carbons (Fsp3) is 0.533. The molecule has 0 aromatic heterocycles. The third-order valence-electron chi connectivity index (χ3n) is 4.07. The summed E-state index contributed by atoms with van der Waals surface area (Å²) in [5.41, 5.74) is 4.79. The van der Waals surface area contributed by atoms with Gasteiger partial charge in [0.15, 0.2) is 0 Å². The number of aryl methyl sites for hydroxylation is 1. The maximum Gasteiger partial charge on any atom is 0.150 e. The first-order valence-corrected chi connectivity index (χ1v) is 6.20. The predicted octanol–water partition coefficient (Wildman–Crippen LogP) is 3.53. The summed E-state index contributed by atoms with van der Waals surface area (Å²) in [6.07, 6.45) is 2.07. The van der Waals surface area contributed by atoms with Crippen molar-refractivity contribution in [1.82, 2.24) is 0 Å². The molecule has 1 heterocycles. The monoisotopic (exact) mass is 231 g/mol. The molecule has 1 unspecified atom stereocenters. The van der Waals surface area contributed by atoms with Crippen molar-refractivity contribution >= 4 is 12.0 Å². The van der Waals surface area contributed by atoms with E-state index in [0.29, 0.717) is 5.92 Å². The Morgan fingerprint density at radius 2 is 2.06 bits per heavy atom. The molecule has 0 N–H and O–H groups in total. The van der Waals surface area contributed by atoms with Crippen LogP contribution in [0.2, 0.25) is 0 Å². The fourth-order valence-electron chi connectivity index (χ4n) is 3.04. The summed E-state index contributed by atoms with van der Waals surface area (Å²) in [6, 6.07) is 4.03. The zero-order valence-corrected chi connectivity index (χ0v) is 11.4. The van der Waals surface area contributed by atoms with Gasteiger partial charge in [0.25, 0.3) is 0 Å². The smallest absolute Gasteiger partial charge is 0.150 e. The van der Waals surface area contributed by atoms with Gasteiger partial charge in [-0.1, -0.05) is 6.92 Å². The van der Waals surface area contributed by atoms with Crippen molar-refractivity contribution in [1.29, 1.82) is 0 Å². The molecular weight excluding hydrogens is 210 g/mol. The highest BCUT2D eigenvalue weighted by atomic mass is 16.1. The molecular formula is C15H21NO. The van der Waals surface area contributed by atoms with Crippen LogP contribution in [0.15, 0.2) is 12.1 Å². The Morgan fingerprint density at radius 3 is 2.65 bits per heavy atom. The molecule has 0 spiro atoms. The molecule has 1 aliphatic heterocycles. The topological polar surface area (TPSA) is 20.3 Å². The molecule has 2 nitrogen and oxygen atoms in total. The first kappa shape index (κ1) is 12.2. The lowest BCUT2D eigenvalue weighted by Crippen LogP contribution is -2.46. The van der Waals surface area contributed by atoms with Crippen LogP contribution in [0.1, 0.15) is 54.6 Å². The molecule has 17 heavy (non-hydrogen) atoms. The molecule has 0 aliphatic carbocycles. The van der Waals surface area contributed by atoms with Gasteiger partial charge >= 0.3 is 0 Å². The number of rotatable bonds is 1. The Kier molecular flexibility index (Phi) is 2.76. The van der Waals surface area contributed by atoms with Crippen molar-refractivity contribution in [2.45, 2.75) is 45.6 Å². The molecule has 1 aromatic carbocycles. The number of anilines is 1. The van der Waals surface area contributed by atoms with Gasteiger partial charge in [0, 0.05) is 23.8 Å². The summed E-state index contributed by atoms with van der Waals surface area (Å²) in [5, 5.41) is 0. The Balaban J connectivity index is 2.64. The van der Waals surface area contributed by atoms with E-state index < -0.39 is 0 Å². The zero-order chi connectivity index (χ0) is 12.8. The number of benzene rings is 1. The Labute approximate surface area is 104 Å². The van der Waals surface area contributed by atoms with E-state index in [0.717, 1.165) is 18.3 Å². The van der Waals surface area contributed by atoms with Crippen molar-refractivity contribution in [2.24, 2.45) is 0 Å². The van der Waals surface area contributed by atoms with Crippen LogP contribution in [-0.4, -0.2) is 18.9 Å². The normalized spacial score (nSPS) is 22.2. The second kappa shape index (κ2) is 3.86. The quantitative estimate of drug-likeness (QED) is 0.689. The maximum absolute atomic E-state index is 10.9. The van der Waals surface area contributed by atoms with Gasteiger partial charge < -0.3 is 4.90 Å². The first-order valence-electron chi connectivity index (χ1n) is 6.20. The van der Waals surface area contributed by atoms with Crippen molar-refractivity contribution in [3.8, 4) is 0 Å². The number of fused-ring (bicyclic) bond motifs is 1. The highest BCUT2D eigenvalue weighted by molar-refractivity contribution is 5.79. The lowest BCUT2D eigenvalue weighted by molar-refractivity contribution is 0.112. The first-order chi connectivity index (χ1) is 7.86. The van der Waals surface area contributed by atoms with E-state index >= 15 is 0 Å². The van der Waals surface area contributed by atoms with Crippen molar-refractivity contribution in [3.63, 3.8) is 0 Å². The molecule has 0 amide bonds. The summed E-state index contributed by atoms with van der Waals surface area (Å²) in [4.78, 5) is 13.3. The average Bonchev–Trinajstić information content (AvgIpc) is 2.24. The molecule has 0 radical (unpaired) electrons. The minimum atomic E-state index is 0.180. The molecule has 92 valence electrons. The number of carbonyl (C=O) groups excluding carboxylic acids is 1. The highest BCUT2D eigenvalue weighted by Gasteiger charge is 2.35. The number of hydrogen-bond acceptors (Lipinski definition) is 2. The second-order valence-corrected chi connectivity index (χ2v) is 5.87. The van der Waals surface area contributed by atoms with Gasteiger partial charge in [-0.2, -0.15) is 0 Å². The molecule has 0 saturated carbocycles. The lowest BCUT2D eigenvalue weighted by Gasteiger charge is -2.46. The molecule has 0 fully saturated rings. The number of nitrogens with zero attached hydrogens (tertiary/aromatic N) is 1. The molecule has 1 aromatic rings. The van der Waals surface area contributed by atoms with Gasteiger partial charge in [-0.25, -0.2) is 0 Å². The Bertz CT molecular complexity index is 462. The van der Waals surface area contributed by atoms with Crippen LogP contribution >= 0.6 is 0 Å². The fourth-order valence-corrected chi connectivity index (χ4v) is 3.04. The second-order valence-electron chi connectivity index (χ2n) is 5.87. The van der Waals surface area contributed by atoms with Gasteiger partial charge in [0.05, 0.1) is 0 Å². The predicted molar refractivity (Wildman–Crippen MR) is 72.1 cm³/mol. The van der Waals surface area contributed by atoms with Gasteiger partial charge in [-0.15, -0.1) is 0 Å². The summed E-state index contributed by atoms with van der Waals surface area (Å²) in [6.45, 7) is 8.90. The minimum absolute atomic E-state index is 0.180. The minimum Gasteiger partial charge on any atom is -0.369 e. The third-order valence-corrected chi connectivity index (χ3v) is 4.07. The number of hydrogen-bond donors (Lipinski definition) is 0. The molecule has 0 bridgehead atoms. The zero-order valence-electron chi connectivity index (χ0n) is 11.4. The Hall–Kier alpha value is -1.31. The van der Waals surface area contributed by atoms with Crippen molar-refractivity contribution in [2.75, 3.05) is 11.9 Å². The van der Waals surface area contributed by atoms with Crippen LogP contribution in [-0.2, 0) is 0 Å². The van der Waals surface area contributed by atoms with Gasteiger partial charge in [0.2, 0.25) is 0 Å². The van der Waals surface area contributed by atoms with E-state index in [9.17, 15) is 4.79 Å². The van der Waals surface area contributed by atoms with Crippen LogP contribution in [0.25, 0.3) is 0 Å². The van der Waals surface area contributed by atoms with E-state index in [1.165, 1.54) is 16.8 Å². The highest BCUT2D eigenvalue weighted by Crippen LogP contribution is 2.44. The third kappa shape index (κ3) is 1.86. The number of carbonyl (C=O) groups is 1. The van der Waals surface area contributed by atoms with Crippen molar-refractivity contribution < 1.29 is 4.79 Å². The van der Waals surface area contributed by atoms with Gasteiger partial charge in [0.1, 0.15) is 6.29 Å². The molecule has 0 saturated heterocycles. The summed E-state index contributed by atoms with van der Waals surface area (Å²) in [5.74, 6) is 0.509.